The van der Waals surface area contributed by atoms with Crippen LogP contribution in [0.3, 0.4) is 0 Å². The van der Waals surface area contributed by atoms with Gasteiger partial charge in [-0.05, 0) is 44.2 Å². The number of amides is 1. The quantitative estimate of drug-likeness (QED) is 0.493. The Morgan fingerprint density at radius 2 is 1.74 bits per heavy atom. The summed E-state index contributed by atoms with van der Waals surface area (Å²) in [6, 6.07) is 10.5. The molecule has 0 radical (unpaired) electrons. The number of hydrogen-bond acceptors (Lipinski definition) is 6. The zero-order chi connectivity index (χ0) is 21.7. The van der Waals surface area contributed by atoms with E-state index in [1.807, 2.05) is 37.4 Å². The number of ether oxygens (including phenoxy) is 2. The molecule has 0 spiro atoms. The van der Waals surface area contributed by atoms with Gasteiger partial charge in [-0.25, -0.2) is 9.78 Å². The maximum absolute atomic E-state index is 11.6. The van der Waals surface area contributed by atoms with Crippen molar-refractivity contribution in [1.29, 1.82) is 0 Å². The van der Waals surface area contributed by atoms with Gasteiger partial charge in [0.05, 0.1) is 30.2 Å². The number of carboxylic acid groups (broad SMARTS) is 1. The van der Waals surface area contributed by atoms with Crippen LogP contribution >= 0.6 is 11.3 Å². The van der Waals surface area contributed by atoms with E-state index in [1.54, 1.807) is 12.1 Å². The first kappa shape index (κ1) is 25.5. The van der Waals surface area contributed by atoms with Gasteiger partial charge in [0.2, 0.25) is 5.91 Å². The minimum absolute atomic E-state index is 0. The number of anilines is 1. The van der Waals surface area contributed by atoms with Crippen LogP contribution in [0.1, 0.15) is 32.6 Å². The molecular formula is C22H23KN2O5S. The molecule has 0 fully saturated rings. The minimum Gasteiger partial charge on any atom is -1.00 e. The second-order valence-electron chi connectivity index (χ2n) is 6.31. The second-order valence-corrected chi connectivity index (χ2v) is 7.17. The van der Waals surface area contributed by atoms with E-state index in [1.165, 1.54) is 24.3 Å². The molecule has 158 valence electrons. The Labute approximate surface area is 228 Å². The van der Waals surface area contributed by atoms with Gasteiger partial charge in [-0.3, -0.25) is 4.79 Å². The van der Waals surface area contributed by atoms with Crippen LogP contribution in [0.4, 0.5) is 5.69 Å². The van der Waals surface area contributed by atoms with Crippen LogP contribution < -0.4 is 66.2 Å². The summed E-state index contributed by atoms with van der Waals surface area (Å²) in [6.45, 7) is 6.22. The van der Waals surface area contributed by atoms with Crippen LogP contribution in [0.2, 0.25) is 0 Å². The average Bonchev–Trinajstić information content (AvgIpc) is 3.19. The van der Waals surface area contributed by atoms with Gasteiger partial charge < -0.3 is 21.3 Å². The number of thiazole rings is 1. The molecule has 0 bridgehead atoms. The molecule has 2 N–H and O–H groups in total. The summed E-state index contributed by atoms with van der Waals surface area (Å²) in [6.07, 6.45) is 0. The van der Waals surface area contributed by atoms with Crippen molar-refractivity contribution in [2.45, 2.75) is 20.8 Å². The van der Waals surface area contributed by atoms with Crippen molar-refractivity contribution < 1.29 is 77.0 Å². The Kier molecular flexibility index (Phi) is 9.67. The second kappa shape index (κ2) is 11.7. The van der Waals surface area contributed by atoms with Gasteiger partial charge in [-0.15, -0.1) is 11.3 Å². The number of aromatic nitrogens is 1. The summed E-state index contributed by atoms with van der Waals surface area (Å²) in [7, 11) is 0. The molecule has 2 aromatic carbocycles. The summed E-state index contributed by atoms with van der Waals surface area (Å²) < 4.78 is 11.3. The number of carbonyl (C=O) groups is 2. The third-order valence-electron chi connectivity index (χ3n) is 4.15. The summed E-state index contributed by atoms with van der Waals surface area (Å²) in [5.74, 6) is -0.119. The number of carbonyl (C=O) groups excluding carboxylic acids is 1. The Hall–Kier alpha value is -1.75. The molecule has 0 aliphatic rings. The van der Waals surface area contributed by atoms with Crippen LogP contribution in [0.5, 0.6) is 11.5 Å². The van der Waals surface area contributed by atoms with Crippen molar-refractivity contribution >= 4 is 28.9 Å². The molecular weight excluding hydrogens is 443 g/mol. The van der Waals surface area contributed by atoms with Gasteiger partial charge >= 0.3 is 57.4 Å². The molecule has 0 aliphatic carbocycles. The average molecular weight is 467 g/mol. The maximum atomic E-state index is 11.6. The molecule has 0 saturated carbocycles. The van der Waals surface area contributed by atoms with E-state index in [2.05, 4.69) is 10.3 Å². The van der Waals surface area contributed by atoms with Gasteiger partial charge in [-0.2, -0.15) is 0 Å². The number of carboxylic acids is 1. The molecule has 0 saturated heterocycles. The molecule has 1 heterocycles. The zero-order valence-corrected chi connectivity index (χ0v) is 21.8. The molecule has 7 nitrogen and oxygen atoms in total. The van der Waals surface area contributed by atoms with E-state index in [4.69, 9.17) is 9.47 Å². The number of rotatable bonds is 8. The fourth-order valence-corrected chi connectivity index (χ4v) is 3.73. The Bertz CT molecular complexity index is 1090. The predicted molar refractivity (Wildman–Crippen MR) is 118 cm³/mol. The molecule has 0 aliphatic heterocycles. The fraction of sp³-hybridized carbons (Fsp3) is 0.227. The monoisotopic (exact) mass is 466 g/mol. The maximum Gasteiger partial charge on any atom is 1.00 e. The molecule has 0 atom stereocenters. The normalized spacial score (nSPS) is 10.2. The van der Waals surface area contributed by atoms with Crippen LogP contribution in [-0.2, 0) is 4.79 Å². The Morgan fingerprint density at radius 3 is 2.39 bits per heavy atom. The molecule has 1 aromatic heterocycles. The van der Waals surface area contributed by atoms with E-state index in [0.717, 1.165) is 10.6 Å². The first-order valence-electron chi connectivity index (χ1n) is 9.43. The molecule has 31 heavy (non-hydrogen) atoms. The van der Waals surface area contributed by atoms with Crippen LogP contribution in [0.25, 0.3) is 21.8 Å². The van der Waals surface area contributed by atoms with Crippen molar-refractivity contribution in [1.82, 2.24) is 4.98 Å². The number of nitrogens with one attached hydrogen (secondary N) is 1. The fourth-order valence-electron chi connectivity index (χ4n) is 2.90. The molecule has 1 amide bonds. The van der Waals surface area contributed by atoms with Crippen LogP contribution in [0, 0.1) is 0 Å². The summed E-state index contributed by atoms with van der Waals surface area (Å²) in [5.41, 5.74) is 2.45. The smallest absolute Gasteiger partial charge is 1.00 e. The zero-order valence-electron chi connectivity index (χ0n) is 18.9. The Morgan fingerprint density at radius 1 is 1.06 bits per heavy atom. The van der Waals surface area contributed by atoms with E-state index in [0.29, 0.717) is 36.0 Å². The van der Waals surface area contributed by atoms with Crippen molar-refractivity contribution in [2.24, 2.45) is 0 Å². The van der Waals surface area contributed by atoms with Gasteiger partial charge in [0.25, 0.3) is 0 Å². The van der Waals surface area contributed by atoms with Crippen LogP contribution in [-0.4, -0.2) is 35.2 Å². The SMILES string of the molecule is CCOc1ccc(-c2nc(-c3ccc(NC(C)=O)c(C(=O)O)c3)cs2)cc1OCC.[H-].[K+]. The molecule has 3 rings (SSSR count). The van der Waals surface area contributed by atoms with Crippen LogP contribution in [0.15, 0.2) is 41.8 Å². The van der Waals surface area contributed by atoms with E-state index in [-0.39, 0.29) is 70.0 Å². The standard InChI is InChI=1S/C22H22N2O5S.K.H/c1-4-28-19-9-7-15(11-20(19)29-5-2)21-24-18(12-30-21)14-6-8-17(23-13(3)25)16(10-14)22(26)27;;/h6-12H,4-5H2,1-3H3,(H,23,25)(H,26,27);;/q;+1;-1. The first-order valence-corrected chi connectivity index (χ1v) is 10.3. The minimum atomic E-state index is -1.12. The third kappa shape index (κ3) is 6.38. The third-order valence-corrected chi connectivity index (χ3v) is 5.04. The van der Waals surface area contributed by atoms with Crippen molar-refractivity contribution in [3.8, 4) is 33.3 Å². The largest absolute Gasteiger partial charge is 1.00 e. The number of nitrogens with zero attached hydrogens (tertiary/aromatic N) is 1. The summed E-state index contributed by atoms with van der Waals surface area (Å²) >= 11 is 1.45. The first-order chi connectivity index (χ1) is 14.4. The van der Waals surface area contributed by atoms with E-state index in [9.17, 15) is 14.7 Å². The van der Waals surface area contributed by atoms with Crippen molar-refractivity contribution in [2.75, 3.05) is 18.5 Å². The molecule has 0 unspecified atom stereocenters. The number of hydrogen-bond donors (Lipinski definition) is 2. The molecule has 9 heteroatoms. The van der Waals surface area contributed by atoms with E-state index < -0.39 is 5.97 Å². The molecule has 3 aromatic rings. The Balaban J connectivity index is 0.00000256. The van der Waals surface area contributed by atoms with Crippen molar-refractivity contribution in [3.05, 3.63) is 47.3 Å². The van der Waals surface area contributed by atoms with Gasteiger partial charge in [-0.1, -0.05) is 6.07 Å². The van der Waals surface area contributed by atoms with Crippen molar-refractivity contribution in [3.63, 3.8) is 0 Å². The van der Waals surface area contributed by atoms with Gasteiger partial charge in [0, 0.05) is 23.4 Å². The predicted octanol–water partition coefficient (Wildman–Crippen LogP) is 2.05. The summed E-state index contributed by atoms with van der Waals surface area (Å²) in [5, 5.41) is 14.7. The number of aromatic carboxylic acids is 1. The number of benzene rings is 2. The van der Waals surface area contributed by atoms with Gasteiger partial charge in [0.15, 0.2) is 11.5 Å². The summed E-state index contributed by atoms with van der Waals surface area (Å²) in [4.78, 5) is 27.6. The van der Waals surface area contributed by atoms with Gasteiger partial charge in [0.1, 0.15) is 5.01 Å². The topological polar surface area (TPSA) is 97.8 Å². The van der Waals surface area contributed by atoms with E-state index >= 15 is 0 Å².